The fourth-order valence-corrected chi connectivity index (χ4v) is 2.89. The van der Waals surface area contributed by atoms with E-state index >= 15 is 0 Å². The summed E-state index contributed by atoms with van der Waals surface area (Å²) in [5.74, 6) is 0.835. The smallest absolute Gasteiger partial charge is 0.286 e. The quantitative estimate of drug-likeness (QED) is 0.629. The van der Waals surface area contributed by atoms with Crippen LogP contribution in [0, 0.1) is 11.8 Å². The lowest BCUT2D eigenvalue weighted by atomic mass is 9.90. The Morgan fingerprint density at radius 2 is 2.08 bits per heavy atom. The first-order valence-corrected chi connectivity index (χ1v) is 9.53. The van der Waals surface area contributed by atoms with Crippen molar-refractivity contribution < 1.29 is 19.4 Å². The number of unbranched alkanes of at least 4 members (excludes halogenated alkanes) is 1. The molecule has 0 unspecified atom stereocenters. The number of hydrogen-bond acceptors (Lipinski definition) is 4. The topological polar surface area (TPSA) is 67.8 Å². The van der Waals surface area contributed by atoms with Crippen molar-refractivity contribution in [2.45, 2.75) is 45.8 Å². The first-order chi connectivity index (χ1) is 12.6. The Morgan fingerprint density at radius 3 is 2.77 bits per heavy atom. The summed E-state index contributed by atoms with van der Waals surface area (Å²) in [7, 11) is 0. The van der Waals surface area contributed by atoms with Crippen molar-refractivity contribution in [1.29, 1.82) is 0 Å². The minimum Gasteiger partial charge on any atom is -0.459 e. The molecule has 1 amide bonds. The van der Waals surface area contributed by atoms with Crippen molar-refractivity contribution in [3.05, 3.63) is 47.7 Å². The first-order valence-electron chi connectivity index (χ1n) is 9.53. The number of aliphatic hydroxyl groups excluding tert-OH is 1. The number of rotatable bonds is 10. The molecule has 1 heterocycles. The normalized spacial score (nSPS) is 19.8. The number of hydrogen-bond donors (Lipinski definition) is 2. The van der Waals surface area contributed by atoms with E-state index in [1.807, 2.05) is 36.4 Å². The molecule has 0 saturated carbocycles. The number of benzene rings is 1. The molecular weight excluding hydrogens is 330 g/mol. The molecule has 144 valence electrons. The van der Waals surface area contributed by atoms with Crippen molar-refractivity contribution in [3.63, 3.8) is 0 Å². The Balaban J connectivity index is 1.86. The Bertz CT molecular complexity index is 571. The third kappa shape index (κ3) is 6.81. The van der Waals surface area contributed by atoms with Crippen LogP contribution in [-0.4, -0.2) is 37.1 Å². The first kappa shape index (κ1) is 20.5. The van der Waals surface area contributed by atoms with Gasteiger partial charge in [0.05, 0.1) is 6.61 Å². The number of aliphatic hydroxyl groups is 1. The zero-order valence-electron chi connectivity index (χ0n) is 15.8. The minimum absolute atomic E-state index is 0.165. The number of allylic oxidation sites excluding steroid dienone is 1. The van der Waals surface area contributed by atoms with Crippen molar-refractivity contribution in [1.82, 2.24) is 5.32 Å². The van der Waals surface area contributed by atoms with Crippen molar-refractivity contribution in [2.24, 2.45) is 11.8 Å². The molecule has 1 aliphatic heterocycles. The Kier molecular flexibility index (Phi) is 8.65. The molecule has 5 nitrogen and oxygen atoms in total. The molecular formula is C21H31NO4. The van der Waals surface area contributed by atoms with E-state index in [2.05, 4.69) is 19.2 Å². The fraction of sp³-hybridized carbons (Fsp3) is 0.571. The van der Waals surface area contributed by atoms with E-state index in [-0.39, 0.29) is 18.4 Å². The van der Waals surface area contributed by atoms with Gasteiger partial charge >= 0.3 is 0 Å². The number of nitrogens with one attached hydrogen (secondary N) is 1. The Hall–Kier alpha value is -1.85. The van der Waals surface area contributed by atoms with E-state index in [9.17, 15) is 4.79 Å². The third-order valence-corrected chi connectivity index (χ3v) is 4.57. The number of carbonyl (C=O) groups is 1. The zero-order chi connectivity index (χ0) is 18.8. The van der Waals surface area contributed by atoms with Crippen LogP contribution in [0.2, 0.25) is 0 Å². The minimum atomic E-state index is -0.402. The number of amides is 1. The van der Waals surface area contributed by atoms with Crippen LogP contribution in [0.4, 0.5) is 0 Å². The van der Waals surface area contributed by atoms with Crippen LogP contribution in [0.25, 0.3) is 0 Å². The van der Waals surface area contributed by atoms with Crippen LogP contribution < -0.4 is 5.32 Å². The predicted molar refractivity (Wildman–Crippen MR) is 101 cm³/mol. The average Bonchev–Trinajstić information content (AvgIpc) is 2.65. The molecule has 0 aliphatic carbocycles. The maximum atomic E-state index is 12.5. The summed E-state index contributed by atoms with van der Waals surface area (Å²) in [6, 6.07) is 10.1. The highest BCUT2D eigenvalue weighted by molar-refractivity contribution is 5.91. The summed E-state index contributed by atoms with van der Waals surface area (Å²) in [5, 5.41) is 11.8. The molecule has 2 N–H and O–H groups in total. The average molecular weight is 361 g/mol. The van der Waals surface area contributed by atoms with Gasteiger partial charge < -0.3 is 19.9 Å². The zero-order valence-corrected chi connectivity index (χ0v) is 15.8. The Labute approximate surface area is 156 Å². The summed E-state index contributed by atoms with van der Waals surface area (Å²) >= 11 is 0. The van der Waals surface area contributed by atoms with Crippen LogP contribution in [0.15, 0.2) is 42.2 Å². The van der Waals surface area contributed by atoms with Gasteiger partial charge in [0.15, 0.2) is 5.76 Å². The van der Waals surface area contributed by atoms with E-state index in [0.717, 1.165) is 19.3 Å². The van der Waals surface area contributed by atoms with Gasteiger partial charge in [-0.15, -0.1) is 0 Å². The molecule has 0 bridgehead atoms. The van der Waals surface area contributed by atoms with Crippen LogP contribution in [0.5, 0.6) is 0 Å². The summed E-state index contributed by atoms with van der Waals surface area (Å²) in [4.78, 5) is 12.5. The van der Waals surface area contributed by atoms with Gasteiger partial charge in [0.2, 0.25) is 6.29 Å². The maximum Gasteiger partial charge on any atom is 0.286 e. The van der Waals surface area contributed by atoms with E-state index in [4.69, 9.17) is 14.6 Å². The molecule has 2 atom stereocenters. The molecule has 2 rings (SSSR count). The second kappa shape index (κ2) is 11.0. The molecule has 0 saturated heterocycles. The molecule has 1 aromatic rings. The predicted octanol–water partition coefficient (Wildman–Crippen LogP) is 3.04. The Morgan fingerprint density at radius 1 is 1.31 bits per heavy atom. The van der Waals surface area contributed by atoms with Gasteiger partial charge in [0.25, 0.3) is 5.91 Å². The summed E-state index contributed by atoms with van der Waals surface area (Å²) in [6.07, 6.45) is 4.55. The second-order valence-corrected chi connectivity index (χ2v) is 7.01. The van der Waals surface area contributed by atoms with Crippen LogP contribution >= 0.6 is 0 Å². The van der Waals surface area contributed by atoms with Gasteiger partial charge in [-0.2, -0.15) is 0 Å². The van der Waals surface area contributed by atoms with Gasteiger partial charge in [0, 0.05) is 19.6 Å². The lowest BCUT2D eigenvalue weighted by Crippen LogP contribution is -2.35. The standard InChI is InChI=1S/C21H31NO4/c1-16(2)18-14-19(26-20(15-18)25-13-7-6-12-23)21(24)22-11-10-17-8-4-3-5-9-17/h3-5,8-9,14,16,18,20,23H,6-7,10-13,15H2,1-2H3,(H,22,24)/t18-,20+/m1/s1. The van der Waals surface area contributed by atoms with Gasteiger partial charge in [0.1, 0.15) is 0 Å². The molecule has 0 fully saturated rings. The molecule has 0 aromatic heterocycles. The maximum absolute atomic E-state index is 12.5. The van der Waals surface area contributed by atoms with Crippen molar-refractivity contribution in [3.8, 4) is 0 Å². The van der Waals surface area contributed by atoms with Crippen LogP contribution in [-0.2, 0) is 20.7 Å². The summed E-state index contributed by atoms with van der Waals surface area (Å²) in [5.41, 5.74) is 1.19. The second-order valence-electron chi connectivity index (χ2n) is 7.01. The molecule has 26 heavy (non-hydrogen) atoms. The third-order valence-electron chi connectivity index (χ3n) is 4.57. The molecule has 1 aromatic carbocycles. The van der Waals surface area contributed by atoms with Crippen LogP contribution in [0.3, 0.4) is 0 Å². The van der Waals surface area contributed by atoms with Gasteiger partial charge in [-0.1, -0.05) is 44.2 Å². The number of ether oxygens (including phenoxy) is 2. The fourth-order valence-electron chi connectivity index (χ4n) is 2.89. The molecule has 0 radical (unpaired) electrons. The van der Waals surface area contributed by atoms with Gasteiger partial charge in [-0.3, -0.25) is 4.79 Å². The largest absolute Gasteiger partial charge is 0.459 e. The van der Waals surface area contributed by atoms with Crippen LogP contribution in [0.1, 0.15) is 38.7 Å². The lowest BCUT2D eigenvalue weighted by Gasteiger charge is -2.30. The highest BCUT2D eigenvalue weighted by Crippen LogP contribution is 2.28. The summed E-state index contributed by atoms with van der Waals surface area (Å²) < 4.78 is 11.5. The molecule has 0 spiro atoms. The van der Waals surface area contributed by atoms with E-state index < -0.39 is 6.29 Å². The van der Waals surface area contributed by atoms with E-state index in [1.165, 1.54) is 5.56 Å². The van der Waals surface area contributed by atoms with Gasteiger partial charge in [-0.05, 0) is 42.7 Å². The van der Waals surface area contributed by atoms with Crippen molar-refractivity contribution >= 4 is 5.91 Å². The van der Waals surface area contributed by atoms with E-state index in [0.29, 0.717) is 31.2 Å². The number of carbonyl (C=O) groups excluding carboxylic acids is 1. The van der Waals surface area contributed by atoms with Gasteiger partial charge in [-0.25, -0.2) is 0 Å². The van der Waals surface area contributed by atoms with Crippen molar-refractivity contribution in [2.75, 3.05) is 19.8 Å². The highest BCUT2D eigenvalue weighted by atomic mass is 16.7. The molecule has 5 heteroatoms. The summed E-state index contributed by atoms with van der Waals surface area (Å²) in [6.45, 7) is 5.54. The van der Waals surface area contributed by atoms with E-state index in [1.54, 1.807) is 0 Å². The highest BCUT2D eigenvalue weighted by Gasteiger charge is 2.29. The monoisotopic (exact) mass is 361 g/mol. The molecule has 1 aliphatic rings. The SMILES string of the molecule is CC(C)[C@@H]1C=C(C(=O)NCCc2ccccc2)O[C@H](OCCCCO)C1. The lowest BCUT2D eigenvalue weighted by molar-refractivity contribution is -0.150.